The molecule has 0 fully saturated rings. The fraction of sp³-hybridized carbons (Fsp3) is 0.571. The van der Waals surface area contributed by atoms with E-state index in [-0.39, 0.29) is 24.1 Å². The molecule has 28 heavy (non-hydrogen) atoms. The van der Waals surface area contributed by atoms with E-state index in [0.717, 1.165) is 17.9 Å². The summed E-state index contributed by atoms with van der Waals surface area (Å²) in [5.74, 6) is -1.36. The molecule has 0 saturated carbocycles. The van der Waals surface area contributed by atoms with E-state index in [4.69, 9.17) is 4.74 Å². The number of hydrogen-bond acceptors (Lipinski definition) is 5. The van der Waals surface area contributed by atoms with E-state index in [1.807, 2.05) is 20.8 Å². The van der Waals surface area contributed by atoms with Crippen LogP contribution in [-0.2, 0) is 19.1 Å². The largest absolute Gasteiger partial charge is 0.464 e. The lowest BCUT2D eigenvalue weighted by atomic mass is 9.90. The summed E-state index contributed by atoms with van der Waals surface area (Å²) in [6.45, 7) is 7.82. The maximum absolute atomic E-state index is 13.4. The Bertz CT molecular complexity index is 620. The molecule has 0 spiro atoms. The van der Waals surface area contributed by atoms with Gasteiger partial charge in [0.2, 0.25) is 5.91 Å². The average molecular weight is 392 g/mol. The Morgan fingerprint density at radius 1 is 1.18 bits per heavy atom. The van der Waals surface area contributed by atoms with Crippen molar-refractivity contribution in [3.8, 4) is 0 Å². The summed E-state index contributed by atoms with van der Waals surface area (Å²) >= 11 is 0. The van der Waals surface area contributed by atoms with E-state index in [0.29, 0.717) is 18.4 Å². The van der Waals surface area contributed by atoms with Crippen molar-refractivity contribution in [1.82, 2.24) is 10.2 Å². The molecule has 1 aromatic carbocycles. The van der Waals surface area contributed by atoms with Crippen molar-refractivity contribution in [2.75, 3.05) is 6.61 Å². The molecule has 0 aromatic heterocycles. The number of carbonyl (C=O) groups excluding carboxylic acids is 3. The standard InChI is InChI=1S/C21H32N2O5/c1-5-7-11-18(14-16(3)4)20(25)23(22(27)15-24)19(21(26)28-6-2)17-12-9-8-10-13-17/h8-10,12-13,15-16,18-19,27H,5-7,11,14H2,1-4H3/t18?,19-/m0/s1. The van der Waals surface area contributed by atoms with Crippen molar-refractivity contribution in [2.24, 2.45) is 11.8 Å². The van der Waals surface area contributed by atoms with Gasteiger partial charge in [-0.2, -0.15) is 0 Å². The molecule has 2 atom stereocenters. The third-order valence-electron chi connectivity index (χ3n) is 4.42. The normalized spacial score (nSPS) is 12.9. The predicted molar refractivity (Wildman–Crippen MR) is 105 cm³/mol. The van der Waals surface area contributed by atoms with Crippen LogP contribution in [0.25, 0.3) is 0 Å². The van der Waals surface area contributed by atoms with Gasteiger partial charge in [-0.25, -0.2) is 9.80 Å². The fourth-order valence-electron chi connectivity index (χ4n) is 3.18. The molecular formula is C21H32N2O5. The van der Waals surface area contributed by atoms with Gasteiger partial charge in [-0.05, 0) is 31.2 Å². The molecule has 0 saturated heterocycles. The second kappa shape index (κ2) is 12.1. The predicted octanol–water partition coefficient (Wildman–Crippen LogP) is 3.73. The second-order valence-corrected chi connectivity index (χ2v) is 7.14. The van der Waals surface area contributed by atoms with E-state index in [1.165, 1.54) is 0 Å². The van der Waals surface area contributed by atoms with Crippen LogP contribution in [0.1, 0.15) is 65.0 Å². The lowest BCUT2D eigenvalue weighted by Gasteiger charge is -2.35. The number of hydrogen-bond donors (Lipinski definition) is 1. The summed E-state index contributed by atoms with van der Waals surface area (Å²) in [4.78, 5) is 37.4. The van der Waals surface area contributed by atoms with Gasteiger partial charge < -0.3 is 4.74 Å². The SMILES string of the molecule is CCCCC(CC(C)C)C(=O)N([C@H](C(=O)OCC)c1ccccc1)N(O)C=O. The van der Waals surface area contributed by atoms with Crippen LogP contribution in [0.15, 0.2) is 30.3 Å². The van der Waals surface area contributed by atoms with Crippen molar-refractivity contribution < 1.29 is 24.3 Å². The maximum atomic E-state index is 13.4. The van der Waals surface area contributed by atoms with Crippen LogP contribution in [0, 0.1) is 11.8 Å². The van der Waals surface area contributed by atoms with Crippen LogP contribution in [0.2, 0.25) is 0 Å². The Labute approximate surface area is 167 Å². The van der Waals surface area contributed by atoms with Crippen LogP contribution < -0.4 is 0 Å². The molecule has 0 aliphatic rings. The van der Waals surface area contributed by atoms with Crippen molar-refractivity contribution in [1.29, 1.82) is 0 Å². The second-order valence-electron chi connectivity index (χ2n) is 7.14. The first-order chi connectivity index (χ1) is 13.4. The first-order valence-corrected chi connectivity index (χ1v) is 9.85. The highest BCUT2D eigenvalue weighted by Gasteiger charge is 2.39. The van der Waals surface area contributed by atoms with Gasteiger partial charge in [0.1, 0.15) is 0 Å². The molecule has 1 unspecified atom stereocenters. The van der Waals surface area contributed by atoms with Crippen LogP contribution in [0.4, 0.5) is 0 Å². The van der Waals surface area contributed by atoms with Crippen LogP contribution >= 0.6 is 0 Å². The number of hydroxylamine groups is 1. The number of benzene rings is 1. The van der Waals surface area contributed by atoms with Crippen molar-refractivity contribution in [2.45, 2.75) is 59.4 Å². The minimum atomic E-state index is -1.25. The van der Waals surface area contributed by atoms with Crippen LogP contribution in [0.5, 0.6) is 0 Å². The summed E-state index contributed by atoms with van der Waals surface area (Å²) < 4.78 is 5.14. The Kier molecular flexibility index (Phi) is 10.2. The molecule has 0 aliphatic carbocycles. The fourth-order valence-corrected chi connectivity index (χ4v) is 3.18. The van der Waals surface area contributed by atoms with Gasteiger partial charge in [0.05, 0.1) is 6.61 Å². The molecule has 1 rings (SSSR count). The number of esters is 1. The summed E-state index contributed by atoms with van der Waals surface area (Å²) in [5, 5.41) is 11.2. The average Bonchev–Trinajstić information content (AvgIpc) is 2.68. The topological polar surface area (TPSA) is 87.2 Å². The summed E-state index contributed by atoms with van der Waals surface area (Å²) in [6, 6.07) is 7.27. The Hall–Kier alpha value is -2.41. The Balaban J connectivity index is 3.37. The molecule has 0 radical (unpaired) electrons. The van der Waals surface area contributed by atoms with Gasteiger partial charge >= 0.3 is 5.97 Å². The molecule has 0 heterocycles. The maximum Gasteiger partial charge on any atom is 0.335 e. The van der Waals surface area contributed by atoms with Crippen molar-refractivity contribution in [3.63, 3.8) is 0 Å². The number of hydrazine groups is 1. The molecule has 1 aromatic rings. The first kappa shape index (κ1) is 23.6. The van der Waals surface area contributed by atoms with E-state index in [9.17, 15) is 19.6 Å². The molecule has 2 amide bonds. The molecule has 0 aliphatic heterocycles. The minimum Gasteiger partial charge on any atom is -0.464 e. The Morgan fingerprint density at radius 3 is 2.32 bits per heavy atom. The highest BCUT2D eigenvalue weighted by atomic mass is 16.6. The number of amides is 2. The molecule has 0 bridgehead atoms. The first-order valence-electron chi connectivity index (χ1n) is 9.85. The zero-order chi connectivity index (χ0) is 21.1. The summed E-state index contributed by atoms with van der Waals surface area (Å²) in [5.41, 5.74) is 0.453. The number of unbranched alkanes of at least 4 members (excludes halogenated alkanes) is 1. The molecule has 7 heteroatoms. The summed E-state index contributed by atoms with van der Waals surface area (Å²) in [6.07, 6.45) is 3.06. The van der Waals surface area contributed by atoms with Gasteiger partial charge in [-0.15, -0.1) is 5.17 Å². The van der Waals surface area contributed by atoms with E-state index in [2.05, 4.69) is 0 Å². The third kappa shape index (κ3) is 6.64. The molecule has 156 valence electrons. The van der Waals surface area contributed by atoms with Crippen LogP contribution in [-0.4, -0.2) is 40.3 Å². The van der Waals surface area contributed by atoms with Gasteiger partial charge in [0.15, 0.2) is 6.04 Å². The highest BCUT2D eigenvalue weighted by Crippen LogP contribution is 2.29. The lowest BCUT2D eigenvalue weighted by Crippen LogP contribution is -2.51. The number of nitrogens with zero attached hydrogens (tertiary/aromatic N) is 2. The van der Waals surface area contributed by atoms with E-state index < -0.39 is 23.8 Å². The van der Waals surface area contributed by atoms with Gasteiger partial charge in [0.25, 0.3) is 6.41 Å². The minimum absolute atomic E-state index is 0.110. The number of rotatable bonds is 12. The Morgan fingerprint density at radius 2 is 1.82 bits per heavy atom. The summed E-state index contributed by atoms with van der Waals surface area (Å²) in [7, 11) is 0. The van der Waals surface area contributed by atoms with Crippen molar-refractivity contribution in [3.05, 3.63) is 35.9 Å². The molecule has 1 N–H and O–H groups in total. The van der Waals surface area contributed by atoms with Crippen molar-refractivity contribution >= 4 is 18.3 Å². The smallest absolute Gasteiger partial charge is 0.335 e. The van der Waals surface area contributed by atoms with Gasteiger partial charge in [0, 0.05) is 5.92 Å². The van der Waals surface area contributed by atoms with Gasteiger partial charge in [-0.1, -0.05) is 63.9 Å². The third-order valence-corrected chi connectivity index (χ3v) is 4.42. The zero-order valence-corrected chi connectivity index (χ0v) is 17.2. The molecule has 7 nitrogen and oxygen atoms in total. The zero-order valence-electron chi connectivity index (χ0n) is 17.2. The number of carbonyl (C=O) groups is 3. The van der Waals surface area contributed by atoms with E-state index >= 15 is 0 Å². The molecular weight excluding hydrogens is 360 g/mol. The number of ether oxygens (including phenoxy) is 1. The van der Waals surface area contributed by atoms with Crippen LogP contribution in [0.3, 0.4) is 0 Å². The highest BCUT2D eigenvalue weighted by molar-refractivity contribution is 5.87. The van der Waals surface area contributed by atoms with Gasteiger partial charge in [-0.3, -0.25) is 14.8 Å². The lowest BCUT2D eigenvalue weighted by molar-refractivity contribution is -0.241. The quantitative estimate of drug-likeness (QED) is 0.253. The monoisotopic (exact) mass is 392 g/mol. The van der Waals surface area contributed by atoms with E-state index in [1.54, 1.807) is 37.3 Å².